The molecule has 1 aromatic carbocycles. The molecular weight excluding hydrogens is 194 g/mol. The predicted molar refractivity (Wildman–Crippen MR) is 67.7 cm³/mol. The lowest BCUT2D eigenvalue weighted by Gasteiger charge is -2.31. The second-order valence-electron chi connectivity index (χ2n) is 5.30. The second kappa shape index (κ2) is 3.44. The van der Waals surface area contributed by atoms with Gasteiger partial charge in [0.25, 0.3) is 0 Å². The summed E-state index contributed by atoms with van der Waals surface area (Å²) in [5, 5.41) is 0. The molecule has 1 heteroatoms. The van der Waals surface area contributed by atoms with Crippen LogP contribution in [0, 0.1) is 0 Å². The van der Waals surface area contributed by atoms with Crippen molar-refractivity contribution >= 4 is 11.4 Å². The highest BCUT2D eigenvalue weighted by Crippen LogP contribution is 2.47. The Hall–Kier alpha value is -1.11. The van der Waals surface area contributed by atoms with E-state index in [9.17, 15) is 0 Å². The number of fused-ring (bicyclic) bond motifs is 2. The number of nitrogens with zero attached hydrogens (tertiary/aromatic N) is 1. The minimum absolute atomic E-state index is 0.379. The Labute approximate surface area is 97.8 Å². The van der Waals surface area contributed by atoms with E-state index in [0.29, 0.717) is 5.41 Å². The molecule has 1 aliphatic carbocycles. The zero-order chi connectivity index (χ0) is 11.2. The van der Waals surface area contributed by atoms with Crippen molar-refractivity contribution in [3.63, 3.8) is 0 Å². The standard InChI is InChI=1S/C15H20N/c1-12-15(10-6-3-7-11-15)13-8-4-5-9-14(13)16(12)2/h4-5,8-9H,3,6-7,10-11H2,1-2H3/q+1. The molecule has 84 valence electrons. The summed E-state index contributed by atoms with van der Waals surface area (Å²) >= 11 is 0. The maximum atomic E-state index is 2.40. The van der Waals surface area contributed by atoms with Gasteiger partial charge in [0.05, 0.1) is 5.41 Å². The Bertz CT molecular complexity index is 450. The smallest absolute Gasteiger partial charge is 0.202 e. The topological polar surface area (TPSA) is 3.01 Å². The predicted octanol–water partition coefficient (Wildman–Crippen LogP) is 3.64. The first-order valence-corrected chi connectivity index (χ1v) is 6.43. The van der Waals surface area contributed by atoms with Crippen molar-refractivity contribution in [1.29, 1.82) is 0 Å². The van der Waals surface area contributed by atoms with Crippen molar-refractivity contribution in [3.05, 3.63) is 29.8 Å². The third kappa shape index (κ3) is 1.15. The van der Waals surface area contributed by atoms with Crippen LogP contribution in [0.3, 0.4) is 0 Å². The highest BCUT2D eigenvalue weighted by Gasteiger charge is 2.48. The molecule has 0 saturated heterocycles. The molecule has 1 spiro atoms. The maximum Gasteiger partial charge on any atom is 0.209 e. The molecule has 1 saturated carbocycles. The Morgan fingerprint density at radius 1 is 1.06 bits per heavy atom. The summed E-state index contributed by atoms with van der Waals surface area (Å²) in [6, 6.07) is 8.96. The number of hydrogen-bond donors (Lipinski definition) is 0. The molecule has 0 bridgehead atoms. The molecule has 1 fully saturated rings. The van der Waals surface area contributed by atoms with E-state index in [1.165, 1.54) is 37.8 Å². The minimum atomic E-state index is 0.379. The molecule has 1 heterocycles. The summed E-state index contributed by atoms with van der Waals surface area (Å²) in [7, 11) is 2.22. The first-order valence-electron chi connectivity index (χ1n) is 6.43. The molecule has 0 radical (unpaired) electrons. The summed E-state index contributed by atoms with van der Waals surface area (Å²) in [5.41, 5.74) is 4.95. The van der Waals surface area contributed by atoms with Crippen LogP contribution in [0.4, 0.5) is 5.69 Å². The highest BCUT2D eigenvalue weighted by atomic mass is 15.0. The average Bonchev–Trinajstić information content (AvgIpc) is 2.55. The Balaban J connectivity index is 2.19. The third-order valence-corrected chi connectivity index (χ3v) is 4.68. The van der Waals surface area contributed by atoms with E-state index in [-0.39, 0.29) is 0 Å². The lowest BCUT2D eigenvalue weighted by Crippen LogP contribution is -2.35. The van der Waals surface area contributed by atoms with Crippen LogP contribution < -0.4 is 0 Å². The van der Waals surface area contributed by atoms with E-state index >= 15 is 0 Å². The molecule has 2 aliphatic rings. The van der Waals surface area contributed by atoms with E-state index in [4.69, 9.17) is 0 Å². The average molecular weight is 214 g/mol. The first kappa shape index (κ1) is 10.1. The van der Waals surface area contributed by atoms with E-state index in [1.54, 1.807) is 11.3 Å². The van der Waals surface area contributed by atoms with Crippen molar-refractivity contribution in [1.82, 2.24) is 0 Å². The van der Waals surface area contributed by atoms with Crippen molar-refractivity contribution in [2.75, 3.05) is 7.05 Å². The second-order valence-corrected chi connectivity index (χ2v) is 5.30. The van der Waals surface area contributed by atoms with E-state index < -0.39 is 0 Å². The molecule has 0 atom stereocenters. The Morgan fingerprint density at radius 3 is 2.50 bits per heavy atom. The molecule has 16 heavy (non-hydrogen) atoms. The summed E-state index contributed by atoms with van der Waals surface area (Å²) in [6.45, 7) is 2.32. The van der Waals surface area contributed by atoms with Crippen LogP contribution in [0.5, 0.6) is 0 Å². The Morgan fingerprint density at radius 2 is 1.75 bits per heavy atom. The zero-order valence-electron chi connectivity index (χ0n) is 10.3. The molecule has 0 N–H and O–H groups in total. The lowest BCUT2D eigenvalue weighted by atomic mass is 9.68. The molecule has 3 rings (SSSR count). The SMILES string of the molecule is CC1=[N+](C)c2ccccc2C12CCCCC2. The van der Waals surface area contributed by atoms with Gasteiger partial charge < -0.3 is 0 Å². The van der Waals surface area contributed by atoms with Crippen LogP contribution in [0.1, 0.15) is 44.6 Å². The monoisotopic (exact) mass is 214 g/mol. The van der Waals surface area contributed by atoms with Gasteiger partial charge >= 0.3 is 0 Å². The number of hydrogen-bond acceptors (Lipinski definition) is 0. The Kier molecular flexibility index (Phi) is 2.17. The third-order valence-electron chi connectivity index (χ3n) is 4.68. The van der Waals surface area contributed by atoms with Gasteiger partial charge in [-0.1, -0.05) is 37.5 Å². The normalized spacial score (nSPS) is 22.6. The summed E-state index contributed by atoms with van der Waals surface area (Å²) in [4.78, 5) is 0. The molecule has 0 amide bonds. The molecule has 1 aromatic rings. The largest absolute Gasteiger partial charge is 0.209 e. The molecule has 1 aliphatic heterocycles. The van der Waals surface area contributed by atoms with Gasteiger partial charge in [-0.15, -0.1) is 0 Å². The maximum absolute atomic E-state index is 2.40. The van der Waals surface area contributed by atoms with Gasteiger partial charge in [0.2, 0.25) is 5.69 Å². The van der Waals surface area contributed by atoms with Crippen LogP contribution in [0.25, 0.3) is 0 Å². The van der Waals surface area contributed by atoms with Crippen molar-refractivity contribution in [3.8, 4) is 0 Å². The fourth-order valence-corrected chi connectivity index (χ4v) is 3.65. The van der Waals surface area contributed by atoms with Crippen LogP contribution >= 0.6 is 0 Å². The summed E-state index contributed by atoms with van der Waals surface area (Å²) in [5.74, 6) is 0. The van der Waals surface area contributed by atoms with Gasteiger partial charge in [-0.25, -0.2) is 4.58 Å². The lowest BCUT2D eigenvalue weighted by molar-refractivity contribution is -0.403. The summed E-state index contributed by atoms with van der Waals surface area (Å²) in [6.07, 6.45) is 6.89. The summed E-state index contributed by atoms with van der Waals surface area (Å²) < 4.78 is 2.40. The van der Waals surface area contributed by atoms with Crippen molar-refractivity contribution in [2.24, 2.45) is 0 Å². The molecule has 0 aromatic heterocycles. The first-order chi connectivity index (χ1) is 7.76. The van der Waals surface area contributed by atoms with Crippen LogP contribution in [-0.4, -0.2) is 17.3 Å². The van der Waals surface area contributed by atoms with Gasteiger partial charge in [-0.2, -0.15) is 0 Å². The van der Waals surface area contributed by atoms with Gasteiger partial charge in [0, 0.05) is 18.6 Å². The minimum Gasteiger partial charge on any atom is -0.202 e. The van der Waals surface area contributed by atoms with Gasteiger partial charge in [-0.3, -0.25) is 0 Å². The molecule has 0 unspecified atom stereocenters. The number of benzene rings is 1. The number of para-hydroxylation sites is 1. The fourth-order valence-electron chi connectivity index (χ4n) is 3.65. The molecule has 1 nitrogen and oxygen atoms in total. The number of rotatable bonds is 0. The van der Waals surface area contributed by atoms with Crippen LogP contribution in [0.15, 0.2) is 24.3 Å². The van der Waals surface area contributed by atoms with Gasteiger partial charge in [0.1, 0.15) is 7.05 Å². The van der Waals surface area contributed by atoms with Gasteiger partial charge in [0.15, 0.2) is 5.71 Å². The van der Waals surface area contributed by atoms with E-state index in [0.717, 1.165) is 0 Å². The van der Waals surface area contributed by atoms with E-state index in [2.05, 4.69) is 42.8 Å². The fraction of sp³-hybridized carbons (Fsp3) is 0.533. The van der Waals surface area contributed by atoms with Gasteiger partial charge in [-0.05, 0) is 12.8 Å². The van der Waals surface area contributed by atoms with Crippen molar-refractivity contribution in [2.45, 2.75) is 44.4 Å². The van der Waals surface area contributed by atoms with Crippen LogP contribution in [0.2, 0.25) is 0 Å². The highest BCUT2D eigenvalue weighted by molar-refractivity contribution is 5.94. The van der Waals surface area contributed by atoms with E-state index in [1.807, 2.05) is 0 Å². The van der Waals surface area contributed by atoms with Crippen molar-refractivity contribution < 1.29 is 4.58 Å². The zero-order valence-corrected chi connectivity index (χ0v) is 10.3. The molecular formula is C15H20N+. The van der Waals surface area contributed by atoms with Crippen LogP contribution in [-0.2, 0) is 5.41 Å². The quantitative estimate of drug-likeness (QED) is 0.580.